The van der Waals surface area contributed by atoms with E-state index in [1.165, 1.54) is 89.9 Å². The first-order valence-electron chi connectivity index (χ1n) is 19.9. The molecule has 0 saturated heterocycles. The Bertz CT molecular complexity index is 902. The van der Waals surface area contributed by atoms with Gasteiger partial charge in [0, 0.05) is 6.42 Å². The Morgan fingerprint density at radius 1 is 0.673 bits per heavy atom. The maximum atomic E-state index is 12.8. The third-order valence-electron chi connectivity index (χ3n) is 8.58. The number of phosphoric ester groups is 1. The highest BCUT2D eigenvalue weighted by atomic mass is 31.2. The molecule has 0 fully saturated rings. The zero-order chi connectivity index (χ0) is 36.5. The summed E-state index contributed by atoms with van der Waals surface area (Å²) in [5.41, 5.74) is 0. The molecule has 0 aliphatic rings. The van der Waals surface area contributed by atoms with E-state index in [0.717, 1.165) is 51.4 Å². The van der Waals surface area contributed by atoms with E-state index >= 15 is 0 Å². The fourth-order valence-electron chi connectivity index (χ4n) is 5.34. The van der Waals surface area contributed by atoms with Crippen LogP contribution in [0, 0.1) is 0 Å². The molecule has 3 atom stereocenters. The molecule has 49 heavy (non-hydrogen) atoms. The van der Waals surface area contributed by atoms with Gasteiger partial charge in [-0.05, 0) is 57.8 Å². The van der Waals surface area contributed by atoms with Crippen molar-refractivity contribution in [2.75, 3.05) is 40.9 Å². The lowest BCUT2D eigenvalue weighted by molar-refractivity contribution is -0.870. The van der Waals surface area contributed by atoms with Gasteiger partial charge in [0.2, 0.25) is 5.91 Å². The normalized spacial score (nSPS) is 15.0. The van der Waals surface area contributed by atoms with Crippen LogP contribution >= 0.6 is 7.82 Å². The zero-order valence-electron chi connectivity index (χ0n) is 32.4. The average Bonchev–Trinajstić information content (AvgIpc) is 3.04. The Labute approximate surface area is 302 Å². The predicted octanol–water partition coefficient (Wildman–Crippen LogP) is 10.4. The number of nitrogens with zero attached hydrogens (tertiary/aromatic N) is 1. The first-order valence-corrected chi connectivity index (χ1v) is 21.4. The van der Waals surface area contributed by atoms with E-state index < -0.39 is 20.0 Å². The van der Waals surface area contributed by atoms with Gasteiger partial charge in [0.25, 0.3) is 0 Å². The molecule has 3 unspecified atom stereocenters. The zero-order valence-corrected chi connectivity index (χ0v) is 33.3. The molecule has 0 aliphatic carbocycles. The van der Waals surface area contributed by atoms with E-state index in [1.54, 1.807) is 6.08 Å². The van der Waals surface area contributed by atoms with Crippen LogP contribution in [0.3, 0.4) is 0 Å². The average molecular weight is 714 g/mol. The molecule has 0 saturated carbocycles. The number of hydrogen-bond acceptors (Lipinski definition) is 5. The Morgan fingerprint density at radius 2 is 1.12 bits per heavy atom. The van der Waals surface area contributed by atoms with Crippen molar-refractivity contribution < 1.29 is 32.9 Å². The van der Waals surface area contributed by atoms with Crippen molar-refractivity contribution in [3.8, 4) is 0 Å². The fraction of sp³-hybridized carbons (Fsp3) is 0.825. The summed E-state index contributed by atoms with van der Waals surface area (Å²) in [4.78, 5) is 23.0. The molecule has 0 aromatic heterocycles. The summed E-state index contributed by atoms with van der Waals surface area (Å²) in [5.74, 6) is -0.199. The third kappa shape index (κ3) is 34.9. The van der Waals surface area contributed by atoms with Crippen molar-refractivity contribution in [3.63, 3.8) is 0 Å². The number of allylic oxidation sites excluding steroid dienone is 5. The minimum absolute atomic E-state index is 0.0541. The lowest BCUT2D eigenvalue weighted by Crippen LogP contribution is -2.45. The third-order valence-corrected chi connectivity index (χ3v) is 9.57. The van der Waals surface area contributed by atoms with Gasteiger partial charge in [0.1, 0.15) is 13.2 Å². The second-order valence-corrected chi connectivity index (χ2v) is 16.1. The standard InChI is InChI=1S/C40H77N2O6P/c1-6-8-10-12-14-16-18-19-20-21-22-24-26-28-30-32-34-40(44)41-38(37-48-49(45,46)47-36-35-42(3,4)5)39(43)33-31-29-27-25-23-17-15-13-11-9-7-2/h20-21,23,25,31,33,38-39,43H,6-19,22,24,26-30,32,34-37H2,1-5H3,(H-,41,44,45,46)/p+1/b21-20-,25-23+,33-31+. The number of likely N-dealkylation sites (N-methyl/N-ethyl adjacent to an activating group) is 1. The number of amides is 1. The second kappa shape index (κ2) is 32.6. The summed E-state index contributed by atoms with van der Waals surface area (Å²) in [7, 11) is 1.54. The summed E-state index contributed by atoms with van der Waals surface area (Å²) in [6, 6.07) is -0.863. The number of rotatable bonds is 35. The van der Waals surface area contributed by atoms with Crippen LogP contribution in [0.5, 0.6) is 0 Å². The molecule has 0 aromatic rings. The maximum absolute atomic E-state index is 12.8. The fourth-order valence-corrected chi connectivity index (χ4v) is 6.08. The van der Waals surface area contributed by atoms with Crippen molar-refractivity contribution >= 4 is 13.7 Å². The minimum atomic E-state index is -4.34. The highest BCUT2D eigenvalue weighted by molar-refractivity contribution is 7.47. The SMILES string of the molecule is CCCCCCC/C=C/CC/C=C/C(O)C(COP(=O)(O)OCC[N+](C)(C)C)NC(=O)CCCCCCC/C=C\CCCCCCCCC. The number of carbonyl (C=O) groups is 1. The quantitative estimate of drug-likeness (QED) is 0.0261. The van der Waals surface area contributed by atoms with Crippen LogP contribution in [0.2, 0.25) is 0 Å². The molecule has 8 nitrogen and oxygen atoms in total. The Kier molecular flexibility index (Phi) is 31.8. The van der Waals surface area contributed by atoms with Gasteiger partial charge in [-0.3, -0.25) is 13.8 Å². The van der Waals surface area contributed by atoms with Crippen LogP contribution in [0.1, 0.15) is 162 Å². The molecular formula is C40H78N2O6P+. The van der Waals surface area contributed by atoms with Crippen molar-refractivity contribution in [1.82, 2.24) is 5.32 Å². The molecule has 0 aliphatic heterocycles. The van der Waals surface area contributed by atoms with Gasteiger partial charge in [-0.15, -0.1) is 0 Å². The molecule has 1 amide bonds. The number of quaternary nitrogens is 1. The van der Waals surface area contributed by atoms with Gasteiger partial charge in [0.15, 0.2) is 0 Å². The smallest absolute Gasteiger partial charge is 0.387 e. The Balaban J connectivity index is 4.53. The van der Waals surface area contributed by atoms with Crippen LogP contribution in [0.4, 0.5) is 0 Å². The molecule has 288 valence electrons. The summed E-state index contributed by atoms with van der Waals surface area (Å²) < 4.78 is 23.4. The van der Waals surface area contributed by atoms with Gasteiger partial charge in [-0.2, -0.15) is 0 Å². The second-order valence-electron chi connectivity index (χ2n) is 14.6. The summed E-state index contributed by atoms with van der Waals surface area (Å²) >= 11 is 0. The number of nitrogens with one attached hydrogen (secondary N) is 1. The number of aliphatic hydroxyl groups is 1. The van der Waals surface area contributed by atoms with Crippen molar-refractivity contribution in [1.29, 1.82) is 0 Å². The van der Waals surface area contributed by atoms with E-state index in [-0.39, 0.29) is 19.1 Å². The molecule has 0 radical (unpaired) electrons. The van der Waals surface area contributed by atoms with Crippen LogP contribution in [0.25, 0.3) is 0 Å². The largest absolute Gasteiger partial charge is 0.472 e. The minimum Gasteiger partial charge on any atom is -0.387 e. The summed E-state index contributed by atoms with van der Waals surface area (Å²) in [6.45, 7) is 4.73. The number of phosphoric acid groups is 1. The molecule has 9 heteroatoms. The van der Waals surface area contributed by atoms with Gasteiger partial charge in [0.05, 0.1) is 39.9 Å². The van der Waals surface area contributed by atoms with Crippen molar-refractivity contribution in [2.45, 2.75) is 174 Å². The number of unbranched alkanes of at least 4 members (excludes halogenated alkanes) is 18. The predicted molar refractivity (Wildman–Crippen MR) is 208 cm³/mol. The van der Waals surface area contributed by atoms with Gasteiger partial charge >= 0.3 is 7.82 Å². The number of carbonyl (C=O) groups excluding carboxylic acids is 1. The van der Waals surface area contributed by atoms with Gasteiger partial charge < -0.3 is 19.8 Å². The molecule has 0 bridgehead atoms. The van der Waals surface area contributed by atoms with Crippen LogP contribution < -0.4 is 5.32 Å². The Morgan fingerprint density at radius 3 is 1.63 bits per heavy atom. The topological polar surface area (TPSA) is 105 Å². The monoisotopic (exact) mass is 714 g/mol. The van der Waals surface area contributed by atoms with Crippen LogP contribution in [-0.2, 0) is 18.4 Å². The first kappa shape index (κ1) is 47.7. The lowest BCUT2D eigenvalue weighted by Gasteiger charge is -2.25. The first-order chi connectivity index (χ1) is 23.5. The molecule has 0 heterocycles. The van der Waals surface area contributed by atoms with E-state index in [4.69, 9.17) is 9.05 Å². The summed E-state index contributed by atoms with van der Waals surface area (Å²) in [5, 5.41) is 13.7. The van der Waals surface area contributed by atoms with E-state index in [1.807, 2.05) is 27.2 Å². The highest BCUT2D eigenvalue weighted by Crippen LogP contribution is 2.43. The molecule has 0 aromatic carbocycles. The van der Waals surface area contributed by atoms with E-state index in [2.05, 4.69) is 43.5 Å². The van der Waals surface area contributed by atoms with Crippen LogP contribution in [-0.4, -0.2) is 73.4 Å². The van der Waals surface area contributed by atoms with E-state index in [9.17, 15) is 19.4 Å². The van der Waals surface area contributed by atoms with Crippen molar-refractivity contribution in [2.24, 2.45) is 0 Å². The van der Waals surface area contributed by atoms with Crippen LogP contribution in [0.15, 0.2) is 36.5 Å². The molecule has 0 spiro atoms. The highest BCUT2D eigenvalue weighted by Gasteiger charge is 2.27. The van der Waals surface area contributed by atoms with Crippen molar-refractivity contribution in [3.05, 3.63) is 36.5 Å². The molecule has 0 rings (SSSR count). The maximum Gasteiger partial charge on any atom is 0.472 e. The lowest BCUT2D eigenvalue weighted by atomic mass is 10.1. The number of aliphatic hydroxyl groups excluding tert-OH is 1. The summed E-state index contributed by atoms with van der Waals surface area (Å²) in [6.07, 6.45) is 37.8. The molecule has 3 N–H and O–H groups in total. The molecular weight excluding hydrogens is 635 g/mol. The van der Waals surface area contributed by atoms with Gasteiger partial charge in [-0.1, -0.05) is 134 Å². The number of hydrogen-bond donors (Lipinski definition) is 3. The Hall–Kier alpha value is -1.28. The van der Waals surface area contributed by atoms with Gasteiger partial charge in [-0.25, -0.2) is 4.57 Å². The van der Waals surface area contributed by atoms with E-state index in [0.29, 0.717) is 17.4 Å².